The molecule has 11 heteroatoms. The summed E-state index contributed by atoms with van der Waals surface area (Å²) in [6, 6.07) is 1.11. The molecule has 1 aliphatic heterocycles. The summed E-state index contributed by atoms with van der Waals surface area (Å²) in [5, 5.41) is 30.0. The van der Waals surface area contributed by atoms with Crippen LogP contribution in [0, 0.1) is 6.92 Å². The summed E-state index contributed by atoms with van der Waals surface area (Å²) < 4.78 is 15.6. The van der Waals surface area contributed by atoms with Crippen molar-refractivity contribution in [1.29, 1.82) is 0 Å². The first-order valence-corrected chi connectivity index (χ1v) is 8.57. The van der Waals surface area contributed by atoms with E-state index in [9.17, 15) is 39.3 Å². The molecule has 31 heavy (non-hydrogen) atoms. The molecule has 1 aliphatic rings. The Morgan fingerprint density at radius 3 is 2.26 bits per heavy atom. The molecule has 0 unspecified atom stereocenters. The van der Waals surface area contributed by atoms with E-state index in [4.69, 9.17) is 14.2 Å². The first-order chi connectivity index (χ1) is 14.6. The van der Waals surface area contributed by atoms with Crippen molar-refractivity contribution in [3.63, 3.8) is 0 Å². The fourth-order valence-corrected chi connectivity index (χ4v) is 3.11. The molecule has 0 aliphatic carbocycles. The number of carboxylic acids is 1. The van der Waals surface area contributed by atoms with Crippen molar-refractivity contribution < 1.29 is 53.5 Å². The Labute approximate surface area is 173 Å². The van der Waals surface area contributed by atoms with Crippen LogP contribution < -0.4 is 9.47 Å². The highest BCUT2D eigenvalue weighted by atomic mass is 16.6. The van der Waals surface area contributed by atoms with Crippen molar-refractivity contribution in [3.8, 4) is 28.7 Å². The van der Waals surface area contributed by atoms with Crippen LogP contribution in [0.15, 0.2) is 6.07 Å². The first-order valence-electron chi connectivity index (χ1n) is 8.57. The normalized spacial score (nSPS) is 11.9. The standard InChI is InChI=1S/C20H14O11/c1-7-3-12(24)9(4-21)16-13(7)20(28)31-18-11(6-29-8(2)23)15(25)14(19(26)27)10(5-22)17(18)30-16/h3-5,24-25H,6H2,1-2H3,(H,26,27). The Hall–Kier alpha value is -4.41. The number of carboxylic acid groups (broad SMARTS) is 1. The zero-order valence-corrected chi connectivity index (χ0v) is 16.0. The van der Waals surface area contributed by atoms with E-state index in [0.29, 0.717) is 0 Å². The fourth-order valence-electron chi connectivity index (χ4n) is 3.11. The summed E-state index contributed by atoms with van der Waals surface area (Å²) in [6.45, 7) is 1.74. The number of ether oxygens (including phenoxy) is 3. The molecule has 11 nitrogen and oxygen atoms in total. The van der Waals surface area contributed by atoms with E-state index in [1.807, 2.05) is 0 Å². The third-order valence-electron chi connectivity index (χ3n) is 4.48. The van der Waals surface area contributed by atoms with Gasteiger partial charge in [-0.1, -0.05) is 0 Å². The summed E-state index contributed by atoms with van der Waals surface area (Å²) >= 11 is 0. The van der Waals surface area contributed by atoms with E-state index in [1.54, 1.807) is 0 Å². The van der Waals surface area contributed by atoms with Gasteiger partial charge in [0.25, 0.3) is 0 Å². The van der Waals surface area contributed by atoms with E-state index >= 15 is 0 Å². The van der Waals surface area contributed by atoms with Crippen LogP contribution in [0.3, 0.4) is 0 Å². The number of fused-ring (bicyclic) bond motifs is 2. The van der Waals surface area contributed by atoms with Gasteiger partial charge in [0.05, 0.1) is 16.7 Å². The molecule has 0 saturated carbocycles. The van der Waals surface area contributed by atoms with Gasteiger partial charge in [-0.25, -0.2) is 9.59 Å². The lowest BCUT2D eigenvalue weighted by atomic mass is 10.00. The van der Waals surface area contributed by atoms with E-state index in [0.717, 1.165) is 13.0 Å². The number of phenolic OH excluding ortho intramolecular Hbond substituents is 1. The zero-order valence-electron chi connectivity index (χ0n) is 16.0. The number of benzene rings is 2. The zero-order chi connectivity index (χ0) is 23.0. The average molecular weight is 430 g/mol. The van der Waals surface area contributed by atoms with Gasteiger partial charge in [-0.3, -0.25) is 14.4 Å². The number of rotatable bonds is 5. The summed E-state index contributed by atoms with van der Waals surface area (Å²) in [5.41, 5.74) is -2.64. The minimum absolute atomic E-state index is 0.0483. The van der Waals surface area contributed by atoms with Gasteiger partial charge in [-0.05, 0) is 18.6 Å². The summed E-state index contributed by atoms with van der Waals surface area (Å²) in [6.07, 6.45) is 0.247. The minimum atomic E-state index is -1.73. The van der Waals surface area contributed by atoms with Crippen LogP contribution in [0.1, 0.15) is 59.5 Å². The SMILES string of the molecule is CC(=O)OCc1c(O)c(C(=O)O)c(C=O)c2c1OC(=O)c1c(C)cc(O)c(C=O)c1O2. The van der Waals surface area contributed by atoms with Crippen molar-refractivity contribution >= 4 is 30.5 Å². The number of aldehydes is 2. The predicted octanol–water partition coefficient (Wildman–Crippen LogP) is 2.12. The van der Waals surface area contributed by atoms with Crippen molar-refractivity contribution in [1.82, 2.24) is 0 Å². The summed E-state index contributed by atoms with van der Waals surface area (Å²) in [5.74, 6) is -6.79. The Morgan fingerprint density at radius 1 is 1.06 bits per heavy atom. The van der Waals surface area contributed by atoms with Crippen LogP contribution in [-0.2, 0) is 16.1 Å². The highest BCUT2D eigenvalue weighted by molar-refractivity contribution is 6.06. The Balaban J connectivity index is 2.43. The van der Waals surface area contributed by atoms with E-state index in [-0.39, 0.29) is 23.7 Å². The quantitative estimate of drug-likeness (QED) is 0.360. The second kappa shape index (κ2) is 7.78. The van der Waals surface area contributed by atoms with Crippen LogP contribution in [0.4, 0.5) is 0 Å². The molecule has 1 heterocycles. The Kier molecular flexibility index (Phi) is 5.35. The topological polar surface area (TPSA) is 174 Å². The van der Waals surface area contributed by atoms with Crippen molar-refractivity contribution in [3.05, 3.63) is 39.4 Å². The second-order valence-electron chi connectivity index (χ2n) is 6.42. The molecule has 0 amide bonds. The third-order valence-corrected chi connectivity index (χ3v) is 4.48. The average Bonchev–Trinajstić information content (AvgIpc) is 2.82. The molecular formula is C20H14O11. The summed E-state index contributed by atoms with van der Waals surface area (Å²) in [7, 11) is 0. The van der Waals surface area contributed by atoms with Crippen LogP contribution in [0.25, 0.3) is 0 Å². The molecule has 0 radical (unpaired) electrons. The van der Waals surface area contributed by atoms with Crippen molar-refractivity contribution in [2.75, 3.05) is 0 Å². The van der Waals surface area contributed by atoms with Gasteiger partial charge < -0.3 is 29.5 Å². The van der Waals surface area contributed by atoms with Gasteiger partial charge in [0.2, 0.25) is 0 Å². The van der Waals surface area contributed by atoms with Crippen LogP contribution in [-0.4, -0.2) is 45.8 Å². The largest absolute Gasteiger partial charge is 0.507 e. The molecule has 2 aromatic rings. The molecular weight excluding hydrogens is 416 g/mol. The lowest BCUT2D eigenvalue weighted by molar-refractivity contribution is -0.142. The predicted molar refractivity (Wildman–Crippen MR) is 99.2 cm³/mol. The fraction of sp³-hybridized carbons (Fsp3) is 0.150. The molecule has 0 spiro atoms. The second-order valence-corrected chi connectivity index (χ2v) is 6.42. The maximum atomic E-state index is 12.8. The number of carbonyl (C=O) groups excluding carboxylic acids is 4. The monoisotopic (exact) mass is 430 g/mol. The summed E-state index contributed by atoms with van der Waals surface area (Å²) in [4.78, 5) is 59.0. The molecule has 2 aromatic carbocycles. The number of hydrogen-bond donors (Lipinski definition) is 3. The molecule has 0 saturated heterocycles. The van der Waals surface area contributed by atoms with Crippen LogP contribution >= 0.6 is 0 Å². The highest BCUT2D eigenvalue weighted by Gasteiger charge is 2.36. The van der Waals surface area contributed by atoms with E-state index < -0.39 is 75.5 Å². The maximum Gasteiger partial charge on any atom is 0.347 e. The molecule has 3 rings (SSSR count). The first kappa shape index (κ1) is 21.3. The van der Waals surface area contributed by atoms with Gasteiger partial charge in [0.1, 0.15) is 29.2 Å². The number of aromatic hydroxyl groups is 2. The number of aromatic carboxylic acids is 1. The smallest absolute Gasteiger partial charge is 0.347 e. The van der Waals surface area contributed by atoms with Gasteiger partial charge in [-0.2, -0.15) is 0 Å². The lowest BCUT2D eigenvalue weighted by Gasteiger charge is -2.18. The molecule has 0 atom stereocenters. The van der Waals surface area contributed by atoms with Crippen LogP contribution in [0.2, 0.25) is 0 Å². The van der Waals surface area contributed by atoms with Gasteiger partial charge in [-0.15, -0.1) is 0 Å². The van der Waals surface area contributed by atoms with Gasteiger partial charge in [0.15, 0.2) is 29.8 Å². The van der Waals surface area contributed by atoms with E-state index in [1.165, 1.54) is 6.92 Å². The highest BCUT2D eigenvalue weighted by Crippen LogP contribution is 2.49. The number of esters is 2. The van der Waals surface area contributed by atoms with Gasteiger partial charge >= 0.3 is 17.9 Å². The molecule has 0 bridgehead atoms. The number of aryl methyl sites for hydroxylation is 1. The number of hydrogen-bond acceptors (Lipinski definition) is 10. The lowest BCUT2D eigenvalue weighted by Crippen LogP contribution is -2.13. The molecule has 0 fully saturated rings. The van der Waals surface area contributed by atoms with Crippen LogP contribution in [0.5, 0.6) is 28.7 Å². The maximum absolute atomic E-state index is 12.8. The number of phenols is 2. The minimum Gasteiger partial charge on any atom is -0.507 e. The number of carbonyl (C=O) groups is 5. The van der Waals surface area contributed by atoms with E-state index in [2.05, 4.69) is 0 Å². The molecule has 160 valence electrons. The Bertz CT molecular complexity index is 1180. The van der Waals surface area contributed by atoms with Crippen molar-refractivity contribution in [2.24, 2.45) is 0 Å². The van der Waals surface area contributed by atoms with Gasteiger partial charge in [0, 0.05) is 6.92 Å². The Morgan fingerprint density at radius 2 is 1.71 bits per heavy atom. The van der Waals surface area contributed by atoms with Crippen molar-refractivity contribution in [2.45, 2.75) is 20.5 Å². The molecule has 0 aromatic heterocycles. The third kappa shape index (κ3) is 3.41. The molecule has 3 N–H and O–H groups in total.